The SMILES string of the molecule is CC[S+](CC)CC.O=S(=O)([O-])O. The van der Waals surface area contributed by atoms with Crippen LogP contribution in [0.3, 0.4) is 0 Å². The van der Waals surface area contributed by atoms with E-state index in [2.05, 4.69) is 20.8 Å². The molecule has 0 atom stereocenters. The van der Waals surface area contributed by atoms with Gasteiger partial charge in [-0.25, -0.2) is 8.42 Å². The Bertz CT molecular complexity index is 158. The molecule has 0 saturated carbocycles. The van der Waals surface area contributed by atoms with Crippen LogP contribution in [0.15, 0.2) is 0 Å². The molecule has 0 unspecified atom stereocenters. The van der Waals surface area contributed by atoms with Crippen molar-refractivity contribution in [3.05, 3.63) is 0 Å². The van der Waals surface area contributed by atoms with Crippen LogP contribution in [0.5, 0.6) is 0 Å². The normalized spacial score (nSPS) is 10.8. The molecule has 76 valence electrons. The lowest BCUT2D eigenvalue weighted by atomic mass is 10.9. The molecule has 6 heteroatoms. The zero-order valence-electron chi connectivity index (χ0n) is 7.61. The third-order valence-electron chi connectivity index (χ3n) is 1.22. The number of hydrogen-bond acceptors (Lipinski definition) is 3. The van der Waals surface area contributed by atoms with Crippen molar-refractivity contribution >= 4 is 21.3 Å². The van der Waals surface area contributed by atoms with Gasteiger partial charge in [0.1, 0.15) is 17.3 Å². The predicted molar refractivity (Wildman–Crippen MR) is 51.3 cm³/mol. The minimum absolute atomic E-state index is 0.755. The third-order valence-corrected chi connectivity index (χ3v) is 3.67. The molecule has 0 aliphatic heterocycles. The van der Waals surface area contributed by atoms with E-state index in [-0.39, 0.29) is 0 Å². The van der Waals surface area contributed by atoms with E-state index in [4.69, 9.17) is 17.5 Å². The fourth-order valence-electron chi connectivity index (χ4n) is 0.612. The highest BCUT2D eigenvalue weighted by Gasteiger charge is 2.05. The van der Waals surface area contributed by atoms with Crippen molar-refractivity contribution in [2.24, 2.45) is 0 Å². The lowest BCUT2D eigenvalue weighted by Gasteiger charge is -1.96. The van der Waals surface area contributed by atoms with Gasteiger partial charge < -0.3 is 4.55 Å². The molecule has 0 aliphatic carbocycles. The Kier molecular flexibility index (Phi) is 9.63. The summed E-state index contributed by atoms with van der Waals surface area (Å²) in [6.45, 7) is 6.82. The van der Waals surface area contributed by atoms with Crippen LogP contribution in [0.2, 0.25) is 0 Å². The summed E-state index contributed by atoms with van der Waals surface area (Å²) in [5.74, 6) is 4.15. The Morgan fingerprint density at radius 3 is 1.33 bits per heavy atom. The molecule has 0 aromatic rings. The van der Waals surface area contributed by atoms with Crippen LogP contribution >= 0.6 is 0 Å². The van der Waals surface area contributed by atoms with Crippen molar-refractivity contribution in [2.75, 3.05) is 17.3 Å². The fraction of sp³-hybridized carbons (Fsp3) is 1.00. The first kappa shape index (κ1) is 14.7. The first-order valence-electron chi connectivity index (χ1n) is 3.67. The van der Waals surface area contributed by atoms with Crippen molar-refractivity contribution in [3.8, 4) is 0 Å². The second-order valence-electron chi connectivity index (χ2n) is 1.91. The second kappa shape index (κ2) is 7.85. The molecule has 0 spiro atoms. The molecule has 1 N–H and O–H groups in total. The van der Waals surface area contributed by atoms with Crippen LogP contribution < -0.4 is 0 Å². The van der Waals surface area contributed by atoms with Crippen LogP contribution in [0, 0.1) is 0 Å². The highest BCUT2D eigenvalue weighted by atomic mass is 32.3. The van der Waals surface area contributed by atoms with Gasteiger partial charge in [-0.1, -0.05) is 0 Å². The smallest absolute Gasteiger partial charge is 0.215 e. The van der Waals surface area contributed by atoms with Gasteiger partial charge in [-0.15, -0.1) is 0 Å². The third kappa shape index (κ3) is 22.5. The largest absolute Gasteiger partial charge is 0.726 e. The Labute approximate surface area is 77.3 Å². The highest BCUT2D eigenvalue weighted by molar-refractivity contribution is 7.96. The molecule has 0 aliphatic rings. The van der Waals surface area contributed by atoms with E-state index >= 15 is 0 Å². The zero-order chi connectivity index (χ0) is 10.2. The molecule has 4 nitrogen and oxygen atoms in total. The van der Waals surface area contributed by atoms with E-state index in [0.717, 1.165) is 10.9 Å². The molecule has 0 bridgehead atoms. The quantitative estimate of drug-likeness (QED) is 0.427. The van der Waals surface area contributed by atoms with Crippen LogP contribution in [-0.2, 0) is 21.3 Å². The van der Waals surface area contributed by atoms with Gasteiger partial charge in [0.05, 0.1) is 0 Å². The summed E-state index contributed by atoms with van der Waals surface area (Å²) in [5, 5.41) is 0. The van der Waals surface area contributed by atoms with E-state index in [1.54, 1.807) is 0 Å². The van der Waals surface area contributed by atoms with Crippen LogP contribution in [0.25, 0.3) is 0 Å². The molecule has 0 amide bonds. The van der Waals surface area contributed by atoms with Gasteiger partial charge in [0.15, 0.2) is 0 Å². The van der Waals surface area contributed by atoms with Crippen molar-refractivity contribution in [2.45, 2.75) is 20.8 Å². The van der Waals surface area contributed by atoms with Gasteiger partial charge in [-0.2, -0.15) is 0 Å². The molecular weight excluding hydrogens is 200 g/mol. The van der Waals surface area contributed by atoms with Crippen LogP contribution in [0.4, 0.5) is 0 Å². The molecular formula is C6H16O4S2. The van der Waals surface area contributed by atoms with E-state index in [1.165, 1.54) is 17.3 Å². The van der Waals surface area contributed by atoms with Crippen LogP contribution in [-0.4, -0.2) is 34.8 Å². The predicted octanol–water partition coefficient (Wildman–Crippen LogP) is 0.669. The minimum atomic E-state index is -4.92. The first-order chi connectivity index (χ1) is 5.35. The molecule has 0 saturated heterocycles. The van der Waals surface area contributed by atoms with Gasteiger partial charge >= 0.3 is 0 Å². The summed E-state index contributed by atoms with van der Waals surface area (Å²) in [5.41, 5.74) is 0. The molecule has 12 heavy (non-hydrogen) atoms. The molecule has 0 fully saturated rings. The summed E-state index contributed by atoms with van der Waals surface area (Å²) in [7, 11) is -4.16. The average molecular weight is 216 g/mol. The van der Waals surface area contributed by atoms with Crippen molar-refractivity contribution in [3.63, 3.8) is 0 Å². The molecule has 0 heterocycles. The lowest BCUT2D eigenvalue weighted by Crippen LogP contribution is -2.09. The zero-order valence-corrected chi connectivity index (χ0v) is 9.24. The van der Waals surface area contributed by atoms with E-state index in [9.17, 15) is 0 Å². The summed E-state index contributed by atoms with van der Waals surface area (Å²) >= 11 is 0. The standard InChI is InChI=1S/C6H15S.H2O4S/c1-4-7(5-2)6-3;1-5(2,3)4/h4-6H2,1-3H3;(H2,1,2,3,4)/q+1;/p-1. The van der Waals surface area contributed by atoms with Crippen molar-refractivity contribution < 1.29 is 17.5 Å². The van der Waals surface area contributed by atoms with Crippen LogP contribution in [0.1, 0.15) is 20.8 Å². The summed E-state index contributed by atoms with van der Waals surface area (Å²) in [4.78, 5) is 0. The second-order valence-corrected chi connectivity index (χ2v) is 5.72. The number of rotatable bonds is 3. The minimum Gasteiger partial charge on any atom is -0.726 e. The monoisotopic (exact) mass is 216 g/mol. The van der Waals surface area contributed by atoms with Crippen molar-refractivity contribution in [1.29, 1.82) is 0 Å². The lowest BCUT2D eigenvalue weighted by molar-refractivity contribution is 0.366. The highest BCUT2D eigenvalue weighted by Crippen LogP contribution is 1.92. The van der Waals surface area contributed by atoms with Gasteiger partial charge in [-0.3, -0.25) is 4.55 Å². The Balaban J connectivity index is 0. The fourth-order valence-corrected chi connectivity index (χ4v) is 1.84. The Morgan fingerprint density at radius 2 is 1.33 bits per heavy atom. The first-order valence-corrected chi connectivity index (χ1v) is 6.77. The van der Waals surface area contributed by atoms with Crippen molar-refractivity contribution in [1.82, 2.24) is 0 Å². The van der Waals surface area contributed by atoms with E-state index in [0.29, 0.717) is 0 Å². The molecule has 0 rings (SSSR count). The van der Waals surface area contributed by atoms with E-state index < -0.39 is 10.4 Å². The summed E-state index contributed by atoms with van der Waals surface area (Å²) in [6, 6.07) is 0. The van der Waals surface area contributed by atoms with Gasteiger partial charge in [0.25, 0.3) is 0 Å². The topological polar surface area (TPSA) is 77.4 Å². The summed E-state index contributed by atoms with van der Waals surface area (Å²) in [6.07, 6.45) is 0. The average Bonchev–Trinajstić information content (AvgIpc) is 1.88. The maximum absolute atomic E-state index is 8.63. The van der Waals surface area contributed by atoms with Gasteiger partial charge in [-0.05, 0) is 31.7 Å². The maximum atomic E-state index is 8.63. The summed E-state index contributed by atoms with van der Waals surface area (Å²) < 4.78 is 32.8. The molecule has 0 aromatic carbocycles. The van der Waals surface area contributed by atoms with Gasteiger partial charge in [0, 0.05) is 0 Å². The van der Waals surface area contributed by atoms with E-state index in [1.807, 2.05) is 0 Å². The number of hydrogen-bond donors (Lipinski definition) is 1. The molecule has 0 aromatic heterocycles. The van der Waals surface area contributed by atoms with Gasteiger partial charge in [0.2, 0.25) is 10.4 Å². The Hall–Kier alpha value is 0.220. The Morgan fingerprint density at radius 1 is 1.17 bits per heavy atom. The maximum Gasteiger partial charge on any atom is 0.215 e. The molecule has 0 radical (unpaired) electrons.